The Morgan fingerprint density at radius 1 is 1.44 bits per heavy atom. The molecule has 0 spiro atoms. The van der Waals surface area contributed by atoms with Crippen LogP contribution >= 0.6 is 0 Å². The van der Waals surface area contributed by atoms with Crippen molar-refractivity contribution in [3.8, 4) is 5.75 Å². The summed E-state index contributed by atoms with van der Waals surface area (Å²) in [5.41, 5.74) is 0.631. The zero-order valence-corrected chi connectivity index (χ0v) is 11.6. The lowest BCUT2D eigenvalue weighted by Crippen LogP contribution is -2.32. The molecule has 0 saturated carbocycles. The molecular weight excluding hydrogens is 228 g/mol. The maximum absolute atomic E-state index is 11.9. The number of nitrogens with zero attached hydrogens (tertiary/aromatic N) is 1. The number of hydrogen-bond donors (Lipinski definition) is 1. The molecule has 0 radical (unpaired) electrons. The standard InChI is InChI=1S/C14H22N2O2/c1-11(10-16(2)3)9-15-14(17)12-6-5-7-13(8-12)18-4/h5-8,11H,9-10H2,1-4H3,(H,15,17). The Balaban J connectivity index is 2.49. The predicted molar refractivity (Wildman–Crippen MR) is 73.0 cm³/mol. The van der Waals surface area contributed by atoms with Gasteiger partial charge in [0, 0.05) is 18.7 Å². The Morgan fingerprint density at radius 3 is 2.78 bits per heavy atom. The molecule has 1 atom stereocenters. The number of carbonyl (C=O) groups excluding carboxylic acids is 1. The molecule has 0 bridgehead atoms. The number of rotatable bonds is 6. The minimum Gasteiger partial charge on any atom is -0.497 e. The van der Waals surface area contributed by atoms with Crippen LogP contribution in [-0.2, 0) is 0 Å². The summed E-state index contributed by atoms with van der Waals surface area (Å²) in [6, 6.07) is 7.17. The number of hydrogen-bond acceptors (Lipinski definition) is 3. The first-order chi connectivity index (χ1) is 8.52. The van der Waals surface area contributed by atoms with Gasteiger partial charge >= 0.3 is 0 Å². The van der Waals surface area contributed by atoms with E-state index in [1.165, 1.54) is 0 Å². The van der Waals surface area contributed by atoms with E-state index in [2.05, 4.69) is 17.1 Å². The average molecular weight is 250 g/mol. The Kier molecular flexibility index (Phi) is 5.65. The molecule has 1 unspecified atom stereocenters. The van der Waals surface area contributed by atoms with E-state index in [-0.39, 0.29) is 5.91 Å². The van der Waals surface area contributed by atoms with Crippen molar-refractivity contribution in [3.05, 3.63) is 29.8 Å². The summed E-state index contributed by atoms with van der Waals surface area (Å²) in [5.74, 6) is 1.07. The molecule has 4 heteroatoms. The fourth-order valence-corrected chi connectivity index (χ4v) is 1.82. The minimum absolute atomic E-state index is 0.0560. The summed E-state index contributed by atoms with van der Waals surface area (Å²) in [5, 5.41) is 2.93. The van der Waals surface area contributed by atoms with Crippen LogP contribution in [0.1, 0.15) is 17.3 Å². The third kappa shape index (κ3) is 4.75. The largest absolute Gasteiger partial charge is 0.497 e. The summed E-state index contributed by atoms with van der Waals surface area (Å²) in [6.07, 6.45) is 0. The number of amides is 1. The molecule has 1 rings (SSSR count). The van der Waals surface area contributed by atoms with E-state index in [9.17, 15) is 4.79 Å². The molecule has 1 aromatic carbocycles. The summed E-state index contributed by atoms with van der Waals surface area (Å²) < 4.78 is 5.10. The molecule has 0 aliphatic heterocycles. The molecule has 0 aliphatic carbocycles. The van der Waals surface area contributed by atoms with E-state index >= 15 is 0 Å². The molecule has 1 amide bonds. The van der Waals surface area contributed by atoms with E-state index in [0.29, 0.717) is 23.8 Å². The smallest absolute Gasteiger partial charge is 0.251 e. The van der Waals surface area contributed by atoms with Crippen molar-refractivity contribution in [3.63, 3.8) is 0 Å². The zero-order valence-electron chi connectivity index (χ0n) is 11.6. The topological polar surface area (TPSA) is 41.6 Å². The lowest BCUT2D eigenvalue weighted by Gasteiger charge is -2.17. The molecule has 100 valence electrons. The monoisotopic (exact) mass is 250 g/mol. The summed E-state index contributed by atoms with van der Waals surface area (Å²) >= 11 is 0. The SMILES string of the molecule is COc1cccc(C(=O)NCC(C)CN(C)C)c1. The van der Waals surface area contributed by atoms with Crippen molar-refractivity contribution >= 4 is 5.91 Å². The van der Waals surface area contributed by atoms with Gasteiger partial charge in [0.15, 0.2) is 0 Å². The highest BCUT2D eigenvalue weighted by Crippen LogP contribution is 2.12. The molecule has 18 heavy (non-hydrogen) atoms. The van der Waals surface area contributed by atoms with Crippen LogP contribution in [-0.4, -0.2) is 45.1 Å². The normalized spacial score (nSPS) is 12.3. The lowest BCUT2D eigenvalue weighted by atomic mass is 10.1. The molecule has 0 saturated heterocycles. The number of ether oxygens (including phenoxy) is 1. The average Bonchev–Trinajstić information content (AvgIpc) is 2.35. The van der Waals surface area contributed by atoms with Crippen LogP contribution in [0.15, 0.2) is 24.3 Å². The van der Waals surface area contributed by atoms with Crippen molar-refractivity contribution in [2.75, 3.05) is 34.3 Å². The summed E-state index contributed by atoms with van der Waals surface area (Å²) in [7, 11) is 5.65. The fraction of sp³-hybridized carbons (Fsp3) is 0.500. The Labute approximate surface area is 109 Å². The van der Waals surface area contributed by atoms with Crippen molar-refractivity contribution < 1.29 is 9.53 Å². The van der Waals surface area contributed by atoms with E-state index < -0.39 is 0 Å². The zero-order chi connectivity index (χ0) is 13.5. The van der Waals surface area contributed by atoms with Gasteiger partial charge in [-0.1, -0.05) is 13.0 Å². The van der Waals surface area contributed by atoms with Gasteiger partial charge in [-0.3, -0.25) is 4.79 Å². The molecular formula is C14H22N2O2. The maximum Gasteiger partial charge on any atom is 0.251 e. The third-order valence-corrected chi connectivity index (χ3v) is 2.62. The van der Waals surface area contributed by atoms with Gasteiger partial charge in [-0.2, -0.15) is 0 Å². The van der Waals surface area contributed by atoms with Gasteiger partial charge in [-0.25, -0.2) is 0 Å². The Bertz CT molecular complexity index is 391. The Hall–Kier alpha value is -1.55. The van der Waals surface area contributed by atoms with Crippen LogP contribution in [0.5, 0.6) is 5.75 Å². The van der Waals surface area contributed by atoms with Crippen LogP contribution in [0.25, 0.3) is 0 Å². The summed E-state index contributed by atoms with van der Waals surface area (Å²) in [4.78, 5) is 14.0. The lowest BCUT2D eigenvalue weighted by molar-refractivity contribution is 0.0945. The second-order valence-electron chi connectivity index (χ2n) is 4.81. The van der Waals surface area contributed by atoms with Gasteiger partial charge in [-0.05, 0) is 38.2 Å². The van der Waals surface area contributed by atoms with Gasteiger partial charge in [0.25, 0.3) is 5.91 Å². The molecule has 1 aromatic rings. The highest BCUT2D eigenvalue weighted by Gasteiger charge is 2.09. The quantitative estimate of drug-likeness (QED) is 0.834. The number of nitrogens with one attached hydrogen (secondary N) is 1. The van der Waals surface area contributed by atoms with Gasteiger partial charge in [-0.15, -0.1) is 0 Å². The molecule has 0 fully saturated rings. The van der Waals surface area contributed by atoms with E-state index in [4.69, 9.17) is 4.74 Å². The fourth-order valence-electron chi connectivity index (χ4n) is 1.82. The molecule has 0 aromatic heterocycles. The van der Waals surface area contributed by atoms with Gasteiger partial charge < -0.3 is 15.0 Å². The van der Waals surface area contributed by atoms with Crippen molar-refractivity contribution in [2.45, 2.75) is 6.92 Å². The molecule has 0 heterocycles. The van der Waals surface area contributed by atoms with Crippen LogP contribution in [0.2, 0.25) is 0 Å². The number of methoxy groups -OCH3 is 1. The number of carbonyl (C=O) groups is 1. The van der Waals surface area contributed by atoms with Gasteiger partial charge in [0.1, 0.15) is 5.75 Å². The highest BCUT2D eigenvalue weighted by molar-refractivity contribution is 5.94. The van der Waals surface area contributed by atoms with Crippen molar-refractivity contribution in [2.24, 2.45) is 5.92 Å². The second kappa shape index (κ2) is 7.01. The Morgan fingerprint density at radius 2 is 2.17 bits per heavy atom. The minimum atomic E-state index is -0.0560. The maximum atomic E-state index is 11.9. The van der Waals surface area contributed by atoms with E-state index in [1.54, 1.807) is 19.2 Å². The van der Waals surface area contributed by atoms with Crippen LogP contribution in [0, 0.1) is 5.92 Å². The van der Waals surface area contributed by atoms with Crippen LogP contribution in [0.3, 0.4) is 0 Å². The van der Waals surface area contributed by atoms with Gasteiger partial charge in [0.05, 0.1) is 7.11 Å². The van der Waals surface area contributed by atoms with Crippen molar-refractivity contribution in [1.82, 2.24) is 10.2 Å². The third-order valence-electron chi connectivity index (χ3n) is 2.62. The number of benzene rings is 1. The highest BCUT2D eigenvalue weighted by atomic mass is 16.5. The molecule has 1 N–H and O–H groups in total. The van der Waals surface area contributed by atoms with Gasteiger partial charge in [0.2, 0.25) is 0 Å². The molecule has 4 nitrogen and oxygen atoms in total. The predicted octanol–water partition coefficient (Wildman–Crippen LogP) is 1.62. The molecule has 0 aliphatic rings. The van der Waals surface area contributed by atoms with Crippen molar-refractivity contribution in [1.29, 1.82) is 0 Å². The second-order valence-corrected chi connectivity index (χ2v) is 4.81. The first-order valence-electron chi connectivity index (χ1n) is 6.10. The van der Waals surface area contributed by atoms with Crippen LogP contribution < -0.4 is 10.1 Å². The van der Waals surface area contributed by atoms with E-state index in [0.717, 1.165) is 6.54 Å². The first kappa shape index (κ1) is 14.5. The first-order valence-corrected chi connectivity index (χ1v) is 6.10. The van der Waals surface area contributed by atoms with E-state index in [1.807, 2.05) is 26.2 Å². The van der Waals surface area contributed by atoms with Crippen LogP contribution in [0.4, 0.5) is 0 Å². The summed E-state index contributed by atoms with van der Waals surface area (Å²) in [6.45, 7) is 3.75.